The molecule has 0 N–H and O–H groups in total. The summed E-state index contributed by atoms with van der Waals surface area (Å²) in [5.74, 6) is 7.41. The van der Waals surface area contributed by atoms with Crippen LogP contribution in [0.1, 0.15) is 26.2 Å². The van der Waals surface area contributed by atoms with Gasteiger partial charge in [-0.25, -0.2) is 0 Å². The van der Waals surface area contributed by atoms with Crippen LogP contribution in [-0.4, -0.2) is 5.75 Å². The second-order valence-corrected chi connectivity index (χ2v) is 4.14. The van der Waals surface area contributed by atoms with Crippen molar-refractivity contribution in [2.24, 2.45) is 0 Å². The summed E-state index contributed by atoms with van der Waals surface area (Å²) in [6.45, 7) is 2.09. The minimum atomic E-state index is 0.978. The van der Waals surface area contributed by atoms with Gasteiger partial charge in [-0.3, -0.25) is 0 Å². The summed E-state index contributed by atoms with van der Waals surface area (Å²) in [5.41, 5.74) is 0. The Bertz CT molecular complexity index is 292. The lowest BCUT2D eigenvalue weighted by Crippen LogP contribution is -1.78. The van der Waals surface area contributed by atoms with Crippen LogP contribution in [0, 0.1) is 11.8 Å². The minimum absolute atomic E-state index is 0.978. The molecule has 1 aromatic carbocycles. The molecule has 0 nitrogen and oxygen atoms in total. The molecule has 0 unspecified atom stereocenters. The molecule has 0 spiro atoms. The lowest BCUT2D eigenvalue weighted by molar-refractivity contribution is 0.994. The number of benzene rings is 1. The predicted molar refractivity (Wildman–Crippen MR) is 64.5 cm³/mol. The van der Waals surface area contributed by atoms with Gasteiger partial charge < -0.3 is 0 Å². The van der Waals surface area contributed by atoms with Crippen molar-refractivity contribution < 1.29 is 0 Å². The third kappa shape index (κ3) is 4.99. The SMILES string of the molecule is CCC#CCCCSc1ccccc1. The van der Waals surface area contributed by atoms with Gasteiger partial charge in [-0.1, -0.05) is 25.1 Å². The zero-order valence-electron chi connectivity index (χ0n) is 8.62. The number of rotatable bonds is 4. The second kappa shape index (κ2) is 7.53. The van der Waals surface area contributed by atoms with Gasteiger partial charge in [-0.15, -0.1) is 23.6 Å². The molecule has 0 radical (unpaired) electrons. The fourth-order valence-corrected chi connectivity index (χ4v) is 1.95. The Balaban J connectivity index is 2.10. The van der Waals surface area contributed by atoms with Crippen LogP contribution in [0.2, 0.25) is 0 Å². The van der Waals surface area contributed by atoms with Crippen molar-refractivity contribution in [2.75, 3.05) is 5.75 Å². The summed E-state index contributed by atoms with van der Waals surface area (Å²) in [6, 6.07) is 10.5. The van der Waals surface area contributed by atoms with E-state index in [0.29, 0.717) is 0 Å². The fourth-order valence-electron chi connectivity index (χ4n) is 1.08. The minimum Gasteiger partial charge on any atom is -0.126 e. The number of unbranched alkanes of at least 4 members (excludes halogenated alkanes) is 1. The monoisotopic (exact) mass is 204 g/mol. The highest BCUT2D eigenvalue weighted by Crippen LogP contribution is 2.17. The molecule has 0 aliphatic carbocycles. The van der Waals surface area contributed by atoms with Crippen molar-refractivity contribution in [1.82, 2.24) is 0 Å². The summed E-state index contributed by atoms with van der Waals surface area (Å²) >= 11 is 1.91. The van der Waals surface area contributed by atoms with Gasteiger partial charge in [-0.05, 0) is 24.3 Å². The van der Waals surface area contributed by atoms with Gasteiger partial charge in [0, 0.05) is 17.7 Å². The maximum absolute atomic E-state index is 3.16. The average Bonchev–Trinajstić information content (AvgIpc) is 2.25. The van der Waals surface area contributed by atoms with E-state index < -0.39 is 0 Å². The molecule has 74 valence electrons. The van der Waals surface area contributed by atoms with Crippen LogP contribution in [0.3, 0.4) is 0 Å². The summed E-state index contributed by atoms with van der Waals surface area (Å²) in [7, 11) is 0. The van der Waals surface area contributed by atoms with Crippen molar-refractivity contribution in [3.8, 4) is 11.8 Å². The first-order chi connectivity index (χ1) is 6.93. The molecule has 0 saturated carbocycles. The highest BCUT2D eigenvalue weighted by Gasteiger charge is 1.90. The van der Waals surface area contributed by atoms with E-state index in [2.05, 4.69) is 49.1 Å². The van der Waals surface area contributed by atoms with Crippen LogP contribution in [0.5, 0.6) is 0 Å². The lowest BCUT2D eigenvalue weighted by atomic mass is 10.3. The van der Waals surface area contributed by atoms with E-state index in [1.807, 2.05) is 11.8 Å². The molecular weight excluding hydrogens is 188 g/mol. The molecule has 0 amide bonds. The van der Waals surface area contributed by atoms with E-state index in [1.165, 1.54) is 17.1 Å². The van der Waals surface area contributed by atoms with Crippen molar-refractivity contribution in [2.45, 2.75) is 31.1 Å². The smallest absolute Gasteiger partial charge is 0.00966 e. The molecule has 0 saturated heterocycles. The standard InChI is InChI=1S/C13H16S/c1-2-3-4-5-9-12-14-13-10-7-6-8-11-13/h6-8,10-11H,2,5,9,12H2,1H3. The quantitative estimate of drug-likeness (QED) is 0.406. The maximum Gasteiger partial charge on any atom is 0.00966 e. The van der Waals surface area contributed by atoms with Gasteiger partial charge in [0.15, 0.2) is 0 Å². The van der Waals surface area contributed by atoms with Crippen LogP contribution < -0.4 is 0 Å². The zero-order chi connectivity index (χ0) is 10.1. The largest absolute Gasteiger partial charge is 0.126 e. The van der Waals surface area contributed by atoms with E-state index in [1.54, 1.807) is 0 Å². The molecule has 0 bridgehead atoms. The molecule has 0 aromatic heterocycles. The maximum atomic E-state index is 3.16. The van der Waals surface area contributed by atoms with Crippen molar-refractivity contribution >= 4 is 11.8 Å². The fraction of sp³-hybridized carbons (Fsp3) is 0.385. The first-order valence-corrected chi connectivity index (χ1v) is 6.05. The topological polar surface area (TPSA) is 0 Å². The lowest BCUT2D eigenvalue weighted by Gasteiger charge is -1.98. The second-order valence-electron chi connectivity index (χ2n) is 2.97. The molecule has 0 aliphatic heterocycles. The van der Waals surface area contributed by atoms with Crippen LogP contribution >= 0.6 is 11.8 Å². The molecule has 0 atom stereocenters. The Morgan fingerprint density at radius 3 is 2.64 bits per heavy atom. The highest BCUT2D eigenvalue weighted by molar-refractivity contribution is 7.99. The van der Waals surface area contributed by atoms with E-state index in [9.17, 15) is 0 Å². The first-order valence-electron chi connectivity index (χ1n) is 5.07. The number of thioether (sulfide) groups is 1. The Hall–Kier alpha value is -0.870. The van der Waals surface area contributed by atoms with Gasteiger partial charge in [0.1, 0.15) is 0 Å². The normalized spacial score (nSPS) is 9.21. The Kier molecular flexibility index (Phi) is 6.02. The Morgan fingerprint density at radius 1 is 1.14 bits per heavy atom. The van der Waals surface area contributed by atoms with Crippen molar-refractivity contribution in [3.63, 3.8) is 0 Å². The van der Waals surface area contributed by atoms with Gasteiger partial charge >= 0.3 is 0 Å². The third-order valence-corrected chi connectivity index (χ3v) is 2.86. The summed E-state index contributed by atoms with van der Waals surface area (Å²) in [4.78, 5) is 1.36. The van der Waals surface area contributed by atoms with Crippen LogP contribution in [0.4, 0.5) is 0 Å². The molecule has 0 aliphatic rings. The first kappa shape index (κ1) is 11.2. The van der Waals surface area contributed by atoms with Gasteiger partial charge in [0.2, 0.25) is 0 Å². The van der Waals surface area contributed by atoms with Crippen LogP contribution in [0.15, 0.2) is 35.2 Å². The third-order valence-electron chi connectivity index (χ3n) is 1.76. The molecule has 0 heterocycles. The zero-order valence-corrected chi connectivity index (χ0v) is 9.44. The van der Waals surface area contributed by atoms with E-state index in [0.717, 1.165) is 12.8 Å². The average molecular weight is 204 g/mol. The summed E-state index contributed by atoms with van der Waals surface area (Å²) in [6.07, 6.45) is 3.20. The Labute approximate surface area is 91.1 Å². The Morgan fingerprint density at radius 2 is 1.93 bits per heavy atom. The van der Waals surface area contributed by atoms with Gasteiger partial charge in [-0.2, -0.15) is 0 Å². The molecule has 1 aromatic rings. The van der Waals surface area contributed by atoms with Gasteiger partial charge in [0.05, 0.1) is 0 Å². The van der Waals surface area contributed by atoms with Crippen LogP contribution in [0.25, 0.3) is 0 Å². The summed E-state index contributed by atoms with van der Waals surface area (Å²) in [5, 5.41) is 0. The summed E-state index contributed by atoms with van der Waals surface area (Å²) < 4.78 is 0. The number of hydrogen-bond acceptors (Lipinski definition) is 1. The number of hydrogen-bond donors (Lipinski definition) is 0. The molecule has 14 heavy (non-hydrogen) atoms. The van der Waals surface area contributed by atoms with E-state index >= 15 is 0 Å². The molecule has 1 rings (SSSR count). The predicted octanol–water partition coefficient (Wildman–Crippen LogP) is 3.97. The van der Waals surface area contributed by atoms with E-state index in [4.69, 9.17) is 0 Å². The van der Waals surface area contributed by atoms with Crippen molar-refractivity contribution in [1.29, 1.82) is 0 Å². The van der Waals surface area contributed by atoms with Crippen molar-refractivity contribution in [3.05, 3.63) is 30.3 Å². The highest BCUT2D eigenvalue weighted by atomic mass is 32.2. The van der Waals surface area contributed by atoms with Gasteiger partial charge in [0.25, 0.3) is 0 Å². The molecular formula is C13H16S. The van der Waals surface area contributed by atoms with Crippen LogP contribution in [-0.2, 0) is 0 Å². The van der Waals surface area contributed by atoms with E-state index in [-0.39, 0.29) is 0 Å². The molecule has 1 heteroatoms. The molecule has 0 fully saturated rings.